The van der Waals surface area contributed by atoms with Crippen molar-refractivity contribution in [1.82, 2.24) is 10.3 Å². The number of anilines is 1. The molecule has 4 heteroatoms. The molecule has 0 atom stereocenters. The first-order valence-electron chi connectivity index (χ1n) is 7.28. The summed E-state index contributed by atoms with van der Waals surface area (Å²) in [4.78, 5) is 4.34. The van der Waals surface area contributed by atoms with Crippen LogP contribution in [0.1, 0.15) is 29.3 Å². The van der Waals surface area contributed by atoms with Crippen molar-refractivity contribution in [2.24, 2.45) is 0 Å². The third-order valence-corrected chi connectivity index (χ3v) is 3.30. The largest absolute Gasteiger partial charge is 0.383 e. The molecular formula is C17H23N3O. The van der Waals surface area contributed by atoms with Gasteiger partial charge in [-0.2, -0.15) is 0 Å². The van der Waals surface area contributed by atoms with E-state index in [4.69, 9.17) is 10.5 Å². The Bertz CT molecular complexity index is 570. The summed E-state index contributed by atoms with van der Waals surface area (Å²) in [5.41, 5.74) is 10.3. The van der Waals surface area contributed by atoms with Crippen LogP contribution < -0.4 is 11.1 Å². The van der Waals surface area contributed by atoms with E-state index in [1.165, 1.54) is 5.56 Å². The van der Waals surface area contributed by atoms with Crippen molar-refractivity contribution < 1.29 is 4.74 Å². The minimum absolute atomic E-state index is 0.545. The van der Waals surface area contributed by atoms with Gasteiger partial charge in [-0.3, -0.25) is 0 Å². The Kier molecular flexibility index (Phi) is 5.72. The summed E-state index contributed by atoms with van der Waals surface area (Å²) >= 11 is 0. The molecule has 21 heavy (non-hydrogen) atoms. The van der Waals surface area contributed by atoms with Crippen molar-refractivity contribution in [2.45, 2.75) is 33.6 Å². The number of nitrogens with zero attached hydrogens (tertiary/aromatic N) is 1. The highest BCUT2D eigenvalue weighted by Crippen LogP contribution is 2.18. The SMILES string of the molecule is CCNCc1c(COCc2ccccc2)cc(C)nc1N. The van der Waals surface area contributed by atoms with Gasteiger partial charge in [0.2, 0.25) is 0 Å². The summed E-state index contributed by atoms with van der Waals surface area (Å²) in [5, 5.41) is 3.30. The molecule has 0 spiro atoms. The lowest BCUT2D eigenvalue weighted by Crippen LogP contribution is -2.16. The van der Waals surface area contributed by atoms with Gasteiger partial charge in [-0.05, 0) is 30.7 Å². The Hall–Kier alpha value is -1.91. The summed E-state index contributed by atoms with van der Waals surface area (Å²) in [7, 11) is 0. The first-order chi connectivity index (χ1) is 10.2. The number of pyridine rings is 1. The van der Waals surface area contributed by atoms with Gasteiger partial charge >= 0.3 is 0 Å². The molecule has 1 aromatic carbocycles. The van der Waals surface area contributed by atoms with Crippen molar-refractivity contribution in [3.05, 3.63) is 58.8 Å². The van der Waals surface area contributed by atoms with Crippen LogP contribution in [0.2, 0.25) is 0 Å². The number of hydrogen-bond acceptors (Lipinski definition) is 4. The van der Waals surface area contributed by atoms with E-state index >= 15 is 0 Å². The number of ether oxygens (including phenoxy) is 1. The van der Waals surface area contributed by atoms with Gasteiger partial charge in [-0.1, -0.05) is 37.3 Å². The number of hydrogen-bond donors (Lipinski definition) is 2. The molecule has 0 unspecified atom stereocenters. The van der Waals surface area contributed by atoms with Gasteiger partial charge in [-0.25, -0.2) is 4.98 Å². The molecule has 4 nitrogen and oxygen atoms in total. The van der Waals surface area contributed by atoms with E-state index in [-0.39, 0.29) is 0 Å². The van der Waals surface area contributed by atoms with Crippen LogP contribution in [0, 0.1) is 6.92 Å². The van der Waals surface area contributed by atoms with Crippen LogP contribution in [0.25, 0.3) is 0 Å². The molecular weight excluding hydrogens is 262 g/mol. The van der Waals surface area contributed by atoms with Crippen LogP contribution in [0.15, 0.2) is 36.4 Å². The van der Waals surface area contributed by atoms with E-state index in [0.717, 1.165) is 29.9 Å². The van der Waals surface area contributed by atoms with Crippen molar-refractivity contribution >= 4 is 5.82 Å². The normalized spacial score (nSPS) is 10.8. The Morgan fingerprint density at radius 2 is 1.95 bits per heavy atom. The number of nitrogens with two attached hydrogens (primary N) is 1. The zero-order valence-electron chi connectivity index (χ0n) is 12.7. The number of benzene rings is 1. The van der Waals surface area contributed by atoms with E-state index in [2.05, 4.69) is 29.4 Å². The quantitative estimate of drug-likeness (QED) is 0.821. The Balaban J connectivity index is 2.04. The molecule has 0 aliphatic heterocycles. The van der Waals surface area contributed by atoms with Crippen molar-refractivity contribution in [2.75, 3.05) is 12.3 Å². The van der Waals surface area contributed by atoms with Gasteiger partial charge in [-0.15, -0.1) is 0 Å². The average Bonchev–Trinajstić information content (AvgIpc) is 2.47. The number of nitrogens with one attached hydrogen (secondary N) is 1. The average molecular weight is 285 g/mol. The van der Waals surface area contributed by atoms with Crippen LogP contribution >= 0.6 is 0 Å². The molecule has 3 N–H and O–H groups in total. The summed E-state index contributed by atoms with van der Waals surface area (Å²) in [5.74, 6) is 0.592. The molecule has 0 aliphatic carbocycles. The zero-order chi connectivity index (χ0) is 15.1. The monoisotopic (exact) mass is 285 g/mol. The first kappa shape index (κ1) is 15.5. The standard InChI is InChI=1S/C17H23N3O/c1-3-19-10-16-15(9-13(2)20-17(16)18)12-21-11-14-7-5-4-6-8-14/h4-9,19H,3,10-12H2,1-2H3,(H2,18,20). The highest BCUT2D eigenvalue weighted by Gasteiger charge is 2.09. The molecule has 2 rings (SSSR count). The number of nitrogen functional groups attached to an aromatic ring is 1. The Labute approximate surface area is 126 Å². The highest BCUT2D eigenvalue weighted by molar-refractivity contribution is 5.45. The molecule has 0 radical (unpaired) electrons. The summed E-state index contributed by atoms with van der Waals surface area (Å²) in [6, 6.07) is 12.2. The molecule has 112 valence electrons. The lowest BCUT2D eigenvalue weighted by molar-refractivity contribution is 0.106. The second-order valence-electron chi connectivity index (χ2n) is 5.05. The molecule has 0 saturated heterocycles. The number of rotatable bonds is 7. The van der Waals surface area contributed by atoms with E-state index < -0.39 is 0 Å². The maximum absolute atomic E-state index is 6.04. The van der Waals surface area contributed by atoms with Crippen LogP contribution in [0.5, 0.6) is 0 Å². The molecule has 0 bridgehead atoms. The molecule has 0 amide bonds. The molecule has 1 aromatic heterocycles. The van der Waals surface area contributed by atoms with E-state index in [1.807, 2.05) is 31.2 Å². The Morgan fingerprint density at radius 3 is 2.67 bits per heavy atom. The first-order valence-corrected chi connectivity index (χ1v) is 7.28. The predicted octanol–water partition coefficient (Wildman–Crippen LogP) is 2.80. The second-order valence-corrected chi connectivity index (χ2v) is 5.05. The van der Waals surface area contributed by atoms with E-state index in [9.17, 15) is 0 Å². The van der Waals surface area contributed by atoms with E-state index in [1.54, 1.807) is 0 Å². The minimum atomic E-state index is 0.545. The van der Waals surface area contributed by atoms with Gasteiger partial charge in [0.25, 0.3) is 0 Å². The third kappa shape index (κ3) is 4.55. The fraction of sp³-hybridized carbons (Fsp3) is 0.353. The summed E-state index contributed by atoms with van der Waals surface area (Å²) in [6.07, 6.45) is 0. The molecule has 0 aliphatic rings. The topological polar surface area (TPSA) is 60.2 Å². The molecule has 1 heterocycles. The van der Waals surface area contributed by atoms with Crippen LogP contribution in [0.3, 0.4) is 0 Å². The summed E-state index contributed by atoms with van der Waals surface area (Å²) in [6.45, 7) is 6.79. The minimum Gasteiger partial charge on any atom is -0.383 e. The predicted molar refractivity (Wildman–Crippen MR) is 85.7 cm³/mol. The maximum Gasteiger partial charge on any atom is 0.128 e. The summed E-state index contributed by atoms with van der Waals surface area (Å²) < 4.78 is 5.83. The number of aryl methyl sites for hydroxylation is 1. The second kappa shape index (κ2) is 7.76. The number of aromatic nitrogens is 1. The van der Waals surface area contributed by atoms with Crippen LogP contribution in [-0.4, -0.2) is 11.5 Å². The molecule has 0 saturated carbocycles. The Morgan fingerprint density at radius 1 is 1.19 bits per heavy atom. The lowest BCUT2D eigenvalue weighted by Gasteiger charge is -2.14. The van der Waals surface area contributed by atoms with E-state index in [0.29, 0.717) is 19.0 Å². The fourth-order valence-corrected chi connectivity index (χ4v) is 2.23. The van der Waals surface area contributed by atoms with Gasteiger partial charge in [0.05, 0.1) is 13.2 Å². The van der Waals surface area contributed by atoms with Crippen LogP contribution in [0.4, 0.5) is 5.82 Å². The van der Waals surface area contributed by atoms with Crippen molar-refractivity contribution in [1.29, 1.82) is 0 Å². The lowest BCUT2D eigenvalue weighted by atomic mass is 10.1. The zero-order valence-corrected chi connectivity index (χ0v) is 12.7. The van der Waals surface area contributed by atoms with Crippen molar-refractivity contribution in [3.63, 3.8) is 0 Å². The molecule has 0 fully saturated rings. The maximum atomic E-state index is 6.04. The van der Waals surface area contributed by atoms with Gasteiger partial charge in [0.1, 0.15) is 5.82 Å². The third-order valence-electron chi connectivity index (χ3n) is 3.30. The fourth-order valence-electron chi connectivity index (χ4n) is 2.23. The smallest absolute Gasteiger partial charge is 0.128 e. The molecule has 2 aromatic rings. The van der Waals surface area contributed by atoms with Crippen molar-refractivity contribution in [3.8, 4) is 0 Å². The van der Waals surface area contributed by atoms with Gasteiger partial charge in [0.15, 0.2) is 0 Å². The van der Waals surface area contributed by atoms with Gasteiger partial charge < -0.3 is 15.8 Å². The highest BCUT2D eigenvalue weighted by atomic mass is 16.5. The van der Waals surface area contributed by atoms with Gasteiger partial charge in [0, 0.05) is 17.8 Å². The van der Waals surface area contributed by atoms with Crippen LogP contribution in [-0.2, 0) is 24.5 Å².